The van der Waals surface area contributed by atoms with Crippen LogP contribution in [-0.2, 0) is 0 Å². The Morgan fingerprint density at radius 3 is 2.78 bits per heavy atom. The van der Waals surface area contributed by atoms with E-state index in [9.17, 15) is 0 Å². The van der Waals surface area contributed by atoms with Crippen molar-refractivity contribution in [3.63, 3.8) is 0 Å². The molecule has 2 aromatic heterocycles. The van der Waals surface area contributed by atoms with Crippen LogP contribution in [0, 0.1) is 10.5 Å². The fourth-order valence-corrected chi connectivity index (χ4v) is 2.64. The van der Waals surface area contributed by atoms with E-state index in [4.69, 9.17) is 10.7 Å². The highest BCUT2D eigenvalue weighted by molar-refractivity contribution is 14.1. The summed E-state index contributed by atoms with van der Waals surface area (Å²) >= 11 is 2.24. The third-order valence-electron chi connectivity index (χ3n) is 3.13. The summed E-state index contributed by atoms with van der Waals surface area (Å²) in [6, 6.07) is 1.94. The van der Waals surface area contributed by atoms with E-state index in [0.717, 1.165) is 26.2 Å². The molecule has 5 heteroatoms. The number of anilines is 1. The quantitative estimate of drug-likeness (QED) is 0.845. The summed E-state index contributed by atoms with van der Waals surface area (Å²) in [6.45, 7) is 2.01. The molecule has 0 unspecified atom stereocenters. The molecule has 92 valence electrons. The maximum absolute atomic E-state index is 6.00. The topological polar surface area (TPSA) is 64.7 Å². The van der Waals surface area contributed by atoms with Crippen LogP contribution in [0.15, 0.2) is 18.5 Å². The standard InChI is InChI=1S/C13H13IN4/c1-7-6-16-5-4-9(7)13-17-11(8-2-3-8)10(14)12(15)18-13/h4-6,8H,2-3H2,1H3,(H2,15,17,18). The normalized spacial score (nSPS) is 14.8. The number of aryl methyl sites for hydroxylation is 1. The van der Waals surface area contributed by atoms with Gasteiger partial charge in [-0.05, 0) is 54.0 Å². The molecule has 0 atom stereocenters. The minimum atomic E-state index is 0.572. The minimum Gasteiger partial charge on any atom is -0.383 e. The smallest absolute Gasteiger partial charge is 0.162 e. The van der Waals surface area contributed by atoms with E-state index in [1.807, 2.05) is 19.2 Å². The summed E-state index contributed by atoms with van der Waals surface area (Å²) in [5.41, 5.74) is 9.18. The Morgan fingerprint density at radius 2 is 2.11 bits per heavy atom. The van der Waals surface area contributed by atoms with Gasteiger partial charge < -0.3 is 5.73 Å². The fourth-order valence-electron chi connectivity index (χ4n) is 1.95. The van der Waals surface area contributed by atoms with Gasteiger partial charge in [0.15, 0.2) is 5.82 Å². The molecule has 0 bridgehead atoms. The van der Waals surface area contributed by atoms with Gasteiger partial charge in [-0.15, -0.1) is 0 Å². The van der Waals surface area contributed by atoms with Gasteiger partial charge in [0, 0.05) is 23.9 Å². The van der Waals surface area contributed by atoms with Gasteiger partial charge in [-0.25, -0.2) is 9.97 Å². The second-order valence-corrected chi connectivity index (χ2v) is 5.68. The molecule has 3 rings (SSSR count). The SMILES string of the molecule is Cc1cnccc1-c1nc(N)c(I)c(C2CC2)n1. The third kappa shape index (κ3) is 2.07. The lowest BCUT2D eigenvalue weighted by Gasteiger charge is -2.09. The minimum absolute atomic E-state index is 0.572. The zero-order chi connectivity index (χ0) is 12.7. The number of halogens is 1. The van der Waals surface area contributed by atoms with Crippen molar-refractivity contribution in [2.75, 3.05) is 5.73 Å². The predicted molar refractivity (Wildman–Crippen MR) is 79.1 cm³/mol. The van der Waals surface area contributed by atoms with Crippen molar-refractivity contribution in [1.82, 2.24) is 15.0 Å². The highest BCUT2D eigenvalue weighted by Crippen LogP contribution is 2.42. The lowest BCUT2D eigenvalue weighted by Crippen LogP contribution is -2.04. The summed E-state index contributed by atoms with van der Waals surface area (Å²) in [5.74, 6) is 1.87. The number of pyridine rings is 1. The summed E-state index contributed by atoms with van der Waals surface area (Å²) in [6.07, 6.45) is 6.00. The van der Waals surface area contributed by atoms with Crippen LogP contribution < -0.4 is 5.73 Å². The van der Waals surface area contributed by atoms with Gasteiger partial charge in [-0.3, -0.25) is 4.98 Å². The summed E-state index contributed by atoms with van der Waals surface area (Å²) < 4.78 is 1.01. The van der Waals surface area contributed by atoms with Crippen LogP contribution in [0.3, 0.4) is 0 Å². The number of nitrogens with zero attached hydrogens (tertiary/aromatic N) is 3. The van der Waals surface area contributed by atoms with Crippen molar-refractivity contribution in [2.24, 2.45) is 0 Å². The first-order valence-electron chi connectivity index (χ1n) is 5.90. The molecule has 1 aliphatic carbocycles. The molecule has 0 spiro atoms. The molecule has 0 aromatic carbocycles. The van der Waals surface area contributed by atoms with Crippen molar-refractivity contribution in [1.29, 1.82) is 0 Å². The number of aromatic nitrogens is 3. The van der Waals surface area contributed by atoms with Crippen LogP contribution >= 0.6 is 22.6 Å². The average molecular weight is 352 g/mol. The van der Waals surface area contributed by atoms with E-state index in [2.05, 4.69) is 32.6 Å². The van der Waals surface area contributed by atoms with Gasteiger partial charge in [0.05, 0.1) is 9.26 Å². The molecule has 1 aliphatic rings. The van der Waals surface area contributed by atoms with Gasteiger partial charge in [-0.1, -0.05) is 0 Å². The Morgan fingerprint density at radius 1 is 1.33 bits per heavy atom. The maximum Gasteiger partial charge on any atom is 0.162 e. The molecule has 1 fully saturated rings. The molecule has 1 saturated carbocycles. The lowest BCUT2D eigenvalue weighted by molar-refractivity contribution is 0.980. The van der Waals surface area contributed by atoms with E-state index >= 15 is 0 Å². The molecule has 2 heterocycles. The second-order valence-electron chi connectivity index (χ2n) is 4.60. The Kier molecular flexibility index (Phi) is 2.93. The lowest BCUT2D eigenvalue weighted by atomic mass is 10.1. The van der Waals surface area contributed by atoms with Gasteiger partial charge >= 0.3 is 0 Å². The third-order valence-corrected chi connectivity index (χ3v) is 4.23. The fraction of sp³-hybridized carbons (Fsp3) is 0.308. The highest BCUT2D eigenvalue weighted by Gasteiger charge is 2.29. The molecule has 0 radical (unpaired) electrons. The van der Waals surface area contributed by atoms with Crippen LogP contribution in [-0.4, -0.2) is 15.0 Å². The van der Waals surface area contributed by atoms with E-state index < -0.39 is 0 Å². The zero-order valence-electron chi connectivity index (χ0n) is 10.0. The van der Waals surface area contributed by atoms with Gasteiger partial charge in [0.25, 0.3) is 0 Å². The number of nitrogen functional groups attached to an aromatic ring is 1. The molecule has 0 aliphatic heterocycles. The van der Waals surface area contributed by atoms with E-state index in [0.29, 0.717) is 11.7 Å². The predicted octanol–water partition coefficient (Wildman–Crippen LogP) is 2.91. The van der Waals surface area contributed by atoms with E-state index in [1.165, 1.54) is 12.8 Å². The van der Waals surface area contributed by atoms with Crippen molar-refractivity contribution < 1.29 is 0 Å². The molecule has 0 saturated heterocycles. The van der Waals surface area contributed by atoms with Crippen LogP contribution in [0.25, 0.3) is 11.4 Å². The summed E-state index contributed by atoms with van der Waals surface area (Å²) in [5, 5.41) is 0. The van der Waals surface area contributed by atoms with Crippen LogP contribution in [0.5, 0.6) is 0 Å². The Balaban J connectivity index is 2.16. The molecular weight excluding hydrogens is 339 g/mol. The first-order valence-corrected chi connectivity index (χ1v) is 6.98. The van der Waals surface area contributed by atoms with E-state index in [-0.39, 0.29) is 0 Å². The number of nitrogens with two attached hydrogens (primary N) is 1. The molecule has 0 amide bonds. The first kappa shape index (κ1) is 11.8. The summed E-state index contributed by atoms with van der Waals surface area (Å²) in [7, 11) is 0. The number of hydrogen-bond donors (Lipinski definition) is 1. The number of rotatable bonds is 2. The van der Waals surface area contributed by atoms with Gasteiger partial charge in [0.2, 0.25) is 0 Å². The Hall–Kier alpha value is -1.24. The van der Waals surface area contributed by atoms with Crippen LogP contribution in [0.4, 0.5) is 5.82 Å². The Labute approximate surface area is 119 Å². The van der Waals surface area contributed by atoms with Crippen LogP contribution in [0.2, 0.25) is 0 Å². The van der Waals surface area contributed by atoms with Crippen LogP contribution in [0.1, 0.15) is 30.0 Å². The summed E-state index contributed by atoms with van der Waals surface area (Å²) in [4.78, 5) is 13.2. The van der Waals surface area contributed by atoms with Crippen molar-refractivity contribution in [3.8, 4) is 11.4 Å². The largest absolute Gasteiger partial charge is 0.383 e. The average Bonchev–Trinajstić information content (AvgIpc) is 3.17. The first-order chi connectivity index (χ1) is 8.66. The van der Waals surface area contributed by atoms with Crippen molar-refractivity contribution in [2.45, 2.75) is 25.7 Å². The molecule has 4 nitrogen and oxygen atoms in total. The molecule has 18 heavy (non-hydrogen) atoms. The number of hydrogen-bond acceptors (Lipinski definition) is 4. The zero-order valence-corrected chi connectivity index (χ0v) is 12.2. The van der Waals surface area contributed by atoms with E-state index in [1.54, 1.807) is 6.20 Å². The Bertz CT molecular complexity index is 608. The maximum atomic E-state index is 6.00. The molecule has 2 N–H and O–H groups in total. The monoisotopic (exact) mass is 352 g/mol. The van der Waals surface area contributed by atoms with Crippen molar-refractivity contribution in [3.05, 3.63) is 33.3 Å². The highest BCUT2D eigenvalue weighted by atomic mass is 127. The molecular formula is C13H13IN4. The molecule has 2 aromatic rings. The van der Waals surface area contributed by atoms with Crippen molar-refractivity contribution >= 4 is 28.4 Å². The van der Waals surface area contributed by atoms with Gasteiger partial charge in [-0.2, -0.15) is 0 Å². The second kappa shape index (κ2) is 4.46. The van der Waals surface area contributed by atoms with Gasteiger partial charge in [0.1, 0.15) is 5.82 Å².